The number of anilines is 1. The van der Waals surface area contributed by atoms with E-state index in [2.05, 4.69) is 4.90 Å². The molecule has 0 radical (unpaired) electrons. The maximum absolute atomic E-state index is 13.5. The van der Waals surface area contributed by atoms with Crippen LogP contribution in [-0.4, -0.2) is 29.1 Å². The molecule has 28 heavy (non-hydrogen) atoms. The van der Waals surface area contributed by atoms with Crippen LogP contribution in [0.25, 0.3) is 33.3 Å². The summed E-state index contributed by atoms with van der Waals surface area (Å²) in [7, 11) is 2.01. The second-order valence-corrected chi connectivity index (χ2v) is 7.20. The van der Waals surface area contributed by atoms with Crippen molar-refractivity contribution >= 4 is 33.5 Å². The van der Waals surface area contributed by atoms with Crippen LogP contribution in [0.5, 0.6) is 0 Å². The first kappa shape index (κ1) is 16.7. The first-order valence-corrected chi connectivity index (χ1v) is 9.10. The fraction of sp³-hybridized carbons (Fsp3) is 0.182. The summed E-state index contributed by atoms with van der Waals surface area (Å²) in [6, 6.07) is 13.6. The summed E-state index contributed by atoms with van der Waals surface area (Å²) in [6.07, 6.45) is 2.21. The highest BCUT2D eigenvalue weighted by atomic mass is 19.1. The van der Waals surface area contributed by atoms with Gasteiger partial charge in [-0.05, 0) is 55.3 Å². The number of hydrogen-bond donors (Lipinski definition) is 1. The van der Waals surface area contributed by atoms with Crippen molar-refractivity contribution in [3.05, 3.63) is 59.9 Å². The Bertz CT molecular complexity index is 1240. The topological polar surface area (TPSA) is 66.6 Å². The first-order valence-electron chi connectivity index (χ1n) is 9.10. The Morgan fingerprint density at radius 2 is 1.96 bits per heavy atom. The van der Waals surface area contributed by atoms with Gasteiger partial charge in [-0.1, -0.05) is 0 Å². The summed E-state index contributed by atoms with van der Waals surface area (Å²) in [5.41, 5.74) is 2.91. The highest BCUT2D eigenvalue weighted by molar-refractivity contribution is 5.96. The standard InChI is InChI=1S/C22H17FN2O3/c1-25(16-5-6-16)18-9-14-8-13(22(26)27)3-7-17(14)24-21(18)20-10-12-2-4-15(23)11-19(12)28-20/h2-4,7-11,16H,5-6H2,1H3,(H,26,27). The number of aromatic carboxylic acids is 1. The van der Waals surface area contributed by atoms with Crippen LogP contribution >= 0.6 is 0 Å². The maximum atomic E-state index is 13.5. The van der Waals surface area contributed by atoms with Gasteiger partial charge in [-0.15, -0.1) is 0 Å². The third kappa shape index (κ3) is 2.78. The second-order valence-electron chi connectivity index (χ2n) is 7.20. The number of hydrogen-bond acceptors (Lipinski definition) is 4. The van der Waals surface area contributed by atoms with E-state index in [0.29, 0.717) is 28.6 Å². The normalized spacial score (nSPS) is 13.9. The number of carboxylic acids is 1. The van der Waals surface area contributed by atoms with E-state index in [-0.39, 0.29) is 11.4 Å². The van der Waals surface area contributed by atoms with Crippen LogP contribution in [0.2, 0.25) is 0 Å². The van der Waals surface area contributed by atoms with Crippen molar-refractivity contribution in [2.45, 2.75) is 18.9 Å². The van der Waals surface area contributed by atoms with Gasteiger partial charge in [0.2, 0.25) is 0 Å². The van der Waals surface area contributed by atoms with E-state index < -0.39 is 5.97 Å². The van der Waals surface area contributed by atoms with Crippen LogP contribution < -0.4 is 4.90 Å². The molecule has 1 aliphatic rings. The highest BCUT2D eigenvalue weighted by Gasteiger charge is 2.29. The molecule has 1 N–H and O–H groups in total. The number of fused-ring (bicyclic) bond motifs is 2. The van der Waals surface area contributed by atoms with Crippen molar-refractivity contribution in [1.82, 2.24) is 4.98 Å². The predicted octanol–water partition coefficient (Wildman–Crippen LogP) is 5.08. The fourth-order valence-corrected chi connectivity index (χ4v) is 3.53. The molecule has 4 aromatic rings. The number of halogens is 1. The van der Waals surface area contributed by atoms with Crippen LogP contribution in [0.15, 0.2) is 52.9 Å². The largest absolute Gasteiger partial charge is 0.478 e. The van der Waals surface area contributed by atoms with Crippen LogP contribution in [0.1, 0.15) is 23.2 Å². The Hall–Kier alpha value is -3.41. The zero-order valence-corrected chi connectivity index (χ0v) is 15.1. The molecule has 2 heterocycles. The summed E-state index contributed by atoms with van der Waals surface area (Å²) in [6.45, 7) is 0. The van der Waals surface area contributed by atoms with E-state index in [1.54, 1.807) is 24.3 Å². The molecule has 0 aliphatic heterocycles. The van der Waals surface area contributed by atoms with Crippen LogP contribution in [0.4, 0.5) is 10.1 Å². The Morgan fingerprint density at radius 3 is 2.71 bits per heavy atom. The lowest BCUT2D eigenvalue weighted by molar-refractivity contribution is 0.0697. The van der Waals surface area contributed by atoms with Gasteiger partial charge in [0.05, 0.1) is 16.8 Å². The number of pyridine rings is 1. The summed E-state index contributed by atoms with van der Waals surface area (Å²) in [5.74, 6) is -0.758. The molecule has 0 saturated heterocycles. The van der Waals surface area contributed by atoms with Gasteiger partial charge in [0.25, 0.3) is 0 Å². The van der Waals surface area contributed by atoms with Gasteiger partial charge in [0, 0.05) is 29.9 Å². The lowest BCUT2D eigenvalue weighted by Gasteiger charge is -2.21. The molecule has 6 heteroatoms. The summed E-state index contributed by atoms with van der Waals surface area (Å²) in [4.78, 5) is 18.2. The predicted molar refractivity (Wildman–Crippen MR) is 105 cm³/mol. The molecule has 0 amide bonds. The fourth-order valence-electron chi connectivity index (χ4n) is 3.53. The van der Waals surface area contributed by atoms with Crippen LogP contribution in [-0.2, 0) is 0 Å². The number of carbonyl (C=O) groups is 1. The van der Waals surface area contributed by atoms with Crippen molar-refractivity contribution in [3.8, 4) is 11.5 Å². The van der Waals surface area contributed by atoms with Gasteiger partial charge < -0.3 is 14.4 Å². The zero-order valence-electron chi connectivity index (χ0n) is 15.1. The molecule has 1 saturated carbocycles. The Morgan fingerprint density at radius 1 is 1.14 bits per heavy atom. The highest BCUT2D eigenvalue weighted by Crippen LogP contribution is 2.39. The zero-order chi connectivity index (χ0) is 19.4. The maximum Gasteiger partial charge on any atom is 0.335 e. The van der Waals surface area contributed by atoms with Gasteiger partial charge in [-0.3, -0.25) is 0 Å². The number of aromatic nitrogens is 1. The molecule has 0 spiro atoms. The van der Waals surface area contributed by atoms with Crippen LogP contribution in [0.3, 0.4) is 0 Å². The molecule has 5 nitrogen and oxygen atoms in total. The quantitative estimate of drug-likeness (QED) is 0.538. The molecular formula is C22H17FN2O3. The van der Waals surface area contributed by atoms with E-state index in [1.807, 2.05) is 19.2 Å². The lowest BCUT2D eigenvalue weighted by Crippen LogP contribution is -2.20. The Balaban J connectivity index is 1.73. The monoisotopic (exact) mass is 376 g/mol. The van der Waals surface area contributed by atoms with Gasteiger partial charge >= 0.3 is 5.97 Å². The molecule has 140 valence electrons. The van der Waals surface area contributed by atoms with Crippen molar-refractivity contribution in [1.29, 1.82) is 0 Å². The molecule has 0 unspecified atom stereocenters. The molecule has 1 fully saturated rings. The first-order chi connectivity index (χ1) is 13.5. The number of benzene rings is 2. The smallest absolute Gasteiger partial charge is 0.335 e. The summed E-state index contributed by atoms with van der Waals surface area (Å²) < 4.78 is 19.5. The number of nitrogens with zero attached hydrogens (tertiary/aromatic N) is 2. The third-order valence-electron chi connectivity index (χ3n) is 5.23. The van der Waals surface area contributed by atoms with E-state index in [9.17, 15) is 14.3 Å². The van der Waals surface area contributed by atoms with Crippen LogP contribution in [0, 0.1) is 5.82 Å². The lowest BCUT2D eigenvalue weighted by atomic mass is 10.1. The van der Waals surface area contributed by atoms with Gasteiger partial charge in [-0.25, -0.2) is 14.2 Å². The number of rotatable bonds is 4. The third-order valence-corrected chi connectivity index (χ3v) is 5.23. The minimum atomic E-state index is -0.970. The molecule has 0 atom stereocenters. The molecule has 2 aromatic heterocycles. The Labute approximate surface area is 160 Å². The summed E-state index contributed by atoms with van der Waals surface area (Å²) in [5, 5.41) is 10.8. The number of carboxylic acid groups (broad SMARTS) is 1. The average Bonchev–Trinajstić information content (AvgIpc) is 3.45. The number of furan rings is 1. The van der Waals surface area contributed by atoms with E-state index in [0.717, 1.165) is 29.3 Å². The van der Waals surface area contributed by atoms with E-state index >= 15 is 0 Å². The average molecular weight is 376 g/mol. The van der Waals surface area contributed by atoms with Gasteiger partial charge in [0.1, 0.15) is 17.1 Å². The van der Waals surface area contributed by atoms with Gasteiger partial charge in [-0.2, -0.15) is 0 Å². The van der Waals surface area contributed by atoms with Crippen molar-refractivity contribution in [2.24, 2.45) is 0 Å². The molecule has 5 rings (SSSR count). The van der Waals surface area contributed by atoms with E-state index in [1.165, 1.54) is 12.1 Å². The van der Waals surface area contributed by atoms with Crippen molar-refractivity contribution in [2.75, 3.05) is 11.9 Å². The molecule has 2 aromatic carbocycles. The van der Waals surface area contributed by atoms with Gasteiger partial charge in [0.15, 0.2) is 5.76 Å². The SMILES string of the molecule is CN(c1cc2cc(C(=O)O)ccc2nc1-c1cc2ccc(F)cc2o1)C1CC1. The molecule has 1 aliphatic carbocycles. The van der Waals surface area contributed by atoms with E-state index in [4.69, 9.17) is 9.40 Å². The van der Waals surface area contributed by atoms with Crippen molar-refractivity contribution < 1.29 is 18.7 Å². The van der Waals surface area contributed by atoms with Crippen molar-refractivity contribution in [3.63, 3.8) is 0 Å². The minimum absolute atomic E-state index is 0.223. The summed E-state index contributed by atoms with van der Waals surface area (Å²) >= 11 is 0. The second kappa shape index (κ2) is 6.05. The molecular weight excluding hydrogens is 359 g/mol. The molecule has 0 bridgehead atoms. The Kier molecular flexibility index (Phi) is 3.62. The minimum Gasteiger partial charge on any atom is -0.478 e.